The summed E-state index contributed by atoms with van der Waals surface area (Å²) in [6, 6.07) is 0. The van der Waals surface area contributed by atoms with Gasteiger partial charge in [0.15, 0.2) is 0 Å². The Morgan fingerprint density at radius 2 is 1.38 bits per heavy atom. The molecule has 0 spiro atoms. The van der Waals surface area contributed by atoms with Gasteiger partial charge in [-0.3, -0.25) is 0 Å². The van der Waals surface area contributed by atoms with E-state index in [4.69, 9.17) is 0 Å². The van der Waals surface area contributed by atoms with E-state index in [1.54, 1.807) is 8.87 Å². The molecule has 0 unspecified atom stereocenters. The average Bonchev–Trinajstić information content (AvgIpc) is 2.11. The molecule has 0 aromatic heterocycles. The molecule has 0 aliphatic rings. The summed E-state index contributed by atoms with van der Waals surface area (Å²) >= 11 is 2.35. The fourth-order valence-corrected chi connectivity index (χ4v) is 14.8. The van der Waals surface area contributed by atoms with Crippen molar-refractivity contribution >= 4 is 28.9 Å². The zero-order chi connectivity index (χ0) is 10.3. The molecule has 0 rings (SSSR count). The van der Waals surface area contributed by atoms with Gasteiger partial charge in [0.25, 0.3) is 0 Å². The molecule has 0 aromatic rings. The van der Waals surface area contributed by atoms with Crippen LogP contribution in [0.25, 0.3) is 0 Å². The standard InChI is InChI=1S/2C4H9.C3H7.BrH.Sn/c2*1-3-4-2;1-3-2;;/h2*1,3-4H2,2H3;3H,1-2H3;1H;/q;;;;+1/p-1. The van der Waals surface area contributed by atoms with Gasteiger partial charge in [0, 0.05) is 0 Å². The van der Waals surface area contributed by atoms with Crippen LogP contribution in [-0.4, -0.2) is 16.2 Å². The number of rotatable bonds is 7. The van der Waals surface area contributed by atoms with E-state index < -0.39 is 16.2 Å². The molecule has 0 aromatic carbocycles. The van der Waals surface area contributed by atoms with Gasteiger partial charge >= 0.3 is 95.0 Å². The predicted octanol–water partition coefficient (Wildman–Crippen LogP) is 5.34. The predicted molar refractivity (Wildman–Crippen MR) is 69.2 cm³/mol. The molecule has 80 valence electrons. The molecular weight excluding hydrogens is 331 g/mol. The SMILES string of the molecule is CCC[CH2][Sn]([Br])([CH2]CCC)[CH](C)C. The van der Waals surface area contributed by atoms with Crippen LogP contribution in [0.2, 0.25) is 12.8 Å². The van der Waals surface area contributed by atoms with Crippen LogP contribution in [0.1, 0.15) is 53.4 Å². The Kier molecular flexibility index (Phi) is 8.30. The van der Waals surface area contributed by atoms with Crippen molar-refractivity contribution in [2.24, 2.45) is 0 Å². The fourth-order valence-electron chi connectivity index (χ4n) is 1.64. The summed E-state index contributed by atoms with van der Waals surface area (Å²) < 4.78 is 4.05. The van der Waals surface area contributed by atoms with E-state index in [0.717, 1.165) is 3.93 Å². The minimum atomic E-state index is -1.81. The Balaban J connectivity index is 4.00. The molecule has 0 saturated heterocycles. The fraction of sp³-hybridized carbons (Fsp3) is 1.00. The summed E-state index contributed by atoms with van der Waals surface area (Å²) in [5.74, 6) is 0. The third-order valence-corrected chi connectivity index (χ3v) is 27.1. The van der Waals surface area contributed by atoms with Gasteiger partial charge in [0.2, 0.25) is 0 Å². The minimum absolute atomic E-state index is 0.965. The number of hydrogen-bond donors (Lipinski definition) is 0. The van der Waals surface area contributed by atoms with Crippen LogP contribution < -0.4 is 0 Å². The Hall–Kier alpha value is 1.28. The van der Waals surface area contributed by atoms with Crippen LogP contribution in [-0.2, 0) is 0 Å². The zero-order valence-corrected chi connectivity index (χ0v) is 14.1. The Bertz CT molecular complexity index is 115. The van der Waals surface area contributed by atoms with E-state index in [-0.39, 0.29) is 0 Å². The van der Waals surface area contributed by atoms with Crippen molar-refractivity contribution in [3.63, 3.8) is 0 Å². The molecule has 0 aliphatic carbocycles. The van der Waals surface area contributed by atoms with E-state index in [2.05, 4.69) is 40.4 Å². The molecule has 0 N–H and O–H groups in total. The third-order valence-electron chi connectivity index (χ3n) is 2.93. The normalized spacial score (nSPS) is 12.5. The molecule has 0 fully saturated rings. The van der Waals surface area contributed by atoms with Gasteiger partial charge in [-0.05, 0) is 0 Å². The van der Waals surface area contributed by atoms with Crippen LogP contribution in [0, 0.1) is 0 Å². The first-order valence-electron chi connectivity index (χ1n) is 5.75. The zero-order valence-electron chi connectivity index (χ0n) is 9.70. The second kappa shape index (κ2) is 7.55. The molecule has 0 bridgehead atoms. The maximum atomic E-state index is 4.16. The Morgan fingerprint density at radius 1 is 1.00 bits per heavy atom. The van der Waals surface area contributed by atoms with Crippen molar-refractivity contribution in [3.8, 4) is 0 Å². The van der Waals surface area contributed by atoms with Crippen molar-refractivity contribution in [2.45, 2.75) is 66.2 Å². The summed E-state index contributed by atoms with van der Waals surface area (Å²) in [4.78, 5) is 0. The van der Waals surface area contributed by atoms with Gasteiger partial charge in [0.05, 0.1) is 0 Å². The number of hydrogen-bond acceptors (Lipinski definition) is 0. The second-order valence-corrected chi connectivity index (χ2v) is 27.0. The van der Waals surface area contributed by atoms with Gasteiger partial charge in [-0.25, -0.2) is 0 Å². The van der Waals surface area contributed by atoms with Crippen molar-refractivity contribution in [3.05, 3.63) is 0 Å². The van der Waals surface area contributed by atoms with Crippen molar-refractivity contribution < 1.29 is 0 Å². The number of halogens is 1. The van der Waals surface area contributed by atoms with Crippen molar-refractivity contribution in [2.75, 3.05) is 0 Å². The van der Waals surface area contributed by atoms with Crippen LogP contribution in [0.4, 0.5) is 0 Å². The molecule has 0 aliphatic heterocycles. The summed E-state index contributed by atoms with van der Waals surface area (Å²) in [6.07, 6.45) is 5.62. The summed E-state index contributed by atoms with van der Waals surface area (Å²) in [7, 11) is 0. The topological polar surface area (TPSA) is 0 Å². The molecule has 0 radical (unpaired) electrons. The molecule has 0 amide bonds. The molecule has 0 heterocycles. The Morgan fingerprint density at radius 3 is 1.62 bits per heavy atom. The van der Waals surface area contributed by atoms with Crippen LogP contribution >= 0.6 is 12.7 Å². The van der Waals surface area contributed by atoms with Gasteiger partial charge < -0.3 is 0 Å². The molecular formula is C11H25BrSn. The maximum absolute atomic E-state index is 4.16. The van der Waals surface area contributed by atoms with Crippen molar-refractivity contribution in [1.82, 2.24) is 0 Å². The van der Waals surface area contributed by atoms with Gasteiger partial charge in [0.1, 0.15) is 0 Å². The molecule has 13 heavy (non-hydrogen) atoms. The first-order chi connectivity index (χ1) is 6.06. The molecule has 0 atom stereocenters. The molecule has 0 saturated carbocycles. The first kappa shape index (κ1) is 14.3. The monoisotopic (exact) mass is 356 g/mol. The van der Waals surface area contributed by atoms with E-state index in [1.807, 2.05) is 0 Å². The molecule has 0 nitrogen and oxygen atoms in total. The number of unbranched alkanes of at least 4 members (excludes halogenated alkanes) is 2. The van der Waals surface area contributed by atoms with E-state index in [9.17, 15) is 0 Å². The van der Waals surface area contributed by atoms with Crippen LogP contribution in [0.15, 0.2) is 0 Å². The quantitative estimate of drug-likeness (QED) is 0.541. The van der Waals surface area contributed by atoms with Crippen LogP contribution in [0.3, 0.4) is 0 Å². The first-order valence-corrected chi connectivity index (χ1v) is 17.8. The van der Waals surface area contributed by atoms with E-state index in [1.165, 1.54) is 25.7 Å². The Labute approximate surface area is 94.5 Å². The second-order valence-electron chi connectivity index (χ2n) is 4.40. The van der Waals surface area contributed by atoms with E-state index >= 15 is 0 Å². The summed E-state index contributed by atoms with van der Waals surface area (Å²) in [5.41, 5.74) is 0. The van der Waals surface area contributed by atoms with Crippen molar-refractivity contribution in [1.29, 1.82) is 0 Å². The van der Waals surface area contributed by atoms with E-state index in [0.29, 0.717) is 0 Å². The summed E-state index contributed by atoms with van der Waals surface area (Å²) in [6.45, 7) is 9.46. The molecule has 2 heteroatoms. The average molecular weight is 356 g/mol. The van der Waals surface area contributed by atoms with Gasteiger partial charge in [-0.1, -0.05) is 0 Å². The van der Waals surface area contributed by atoms with Crippen LogP contribution in [0.5, 0.6) is 0 Å². The van der Waals surface area contributed by atoms with Gasteiger partial charge in [-0.15, -0.1) is 0 Å². The third kappa shape index (κ3) is 5.66. The summed E-state index contributed by atoms with van der Waals surface area (Å²) in [5, 5.41) is 0. The van der Waals surface area contributed by atoms with Gasteiger partial charge in [-0.2, -0.15) is 0 Å².